The average molecular weight is 229 g/mol. The molecule has 0 radical (unpaired) electrons. The van der Waals surface area contributed by atoms with Crippen molar-refractivity contribution in [2.75, 3.05) is 40.3 Å². The van der Waals surface area contributed by atoms with Gasteiger partial charge in [-0.15, -0.1) is 0 Å². The molecule has 1 amide bonds. The molecule has 0 aromatic heterocycles. The molecule has 0 aromatic rings. The van der Waals surface area contributed by atoms with E-state index in [1.165, 1.54) is 0 Å². The fourth-order valence-electron chi connectivity index (χ4n) is 1.70. The number of carbonyl (C=O) groups is 1. The van der Waals surface area contributed by atoms with Gasteiger partial charge < -0.3 is 20.3 Å². The quantitative estimate of drug-likeness (QED) is 0.671. The van der Waals surface area contributed by atoms with E-state index in [9.17, 15) is 4.79 Å². The van der Waals surface area contributed by atoms with Gasteiger partial charge in [0.1, 0.15) is 6.10 Å². The van der Waals surface area contributed by atoms with Crippen molar-refractivity contribution in [1.29, 1.82) is 0 Å². The SMILES string of the molecule is CN(C)CCCNC(=O)O[C@@H]1CCCNC1. The summed E-state index contributed by atoms with van der Waals surface area (Å²) in [5, 5.41) is 5.98. The van der Waals surface area contributed by atoms with Crippen molar-refractivity contribution in [2.45, 2.75) is 25.4 Å². The Balaban J connectivity index is 2.01. The van der Waals surface area contributed by atoms with Crippen LogP contribution in [0.2, 0.25) is 0 Å². The van der Waals surface area contributed by atoms with Gasteiger partial charge in [-0.25, -0.2) is 4.79 Å². The second-order valence-electron chi connectivity index (χ2n) is 4.46. The molecule has 0 unspecified atom stereocenters. The molecule has 1 rings (SSSR count). The fraction of sp³-hybridized carbons (Fsp3) is 0.909. The first-order valence-electron chi connectivity index (χ1n) is 5.98. The topological polar surface area (TPSA) is 53.6 Å². The molecule has 1 aliphatic heterocycles. The molecular weight excluding hydrogens is 206 g/mol. The van der Waals surface area contributed by atoms with Gasteiger partial charge >= 0.3 is 6.09 Å². The van der Waals surface area contributed by atoms with E-state index in [-0.39, 0.29) is 12.2 Å². The van der Waals surface area contributed by atoms with Gasteiger partial charge in [-0.1, -0.05) is 0 Å². The van der Waals surface area contributed by atoms with E-state index in [1.54, 1.807) is 0 Å². The Morgan fingerprint density at radius 1 is 1.56 bits per heavy atom. The van der Waals surface area contributed by atoms with Crippen LogP contribution in [-0.4, -0.2) is 57.4 Å². The third kappa shape index (κ3) is 5.92. The highest BCUT2D eigenvalue weighted by atomic mass is 16.6. The van der Waals surface area contributed by atoms with Crippen LogP contribution in [0.1, 0.15) is 19.3 Å². The van der Waals surface area contributed by atoms with Crippen LogP contribution in [0.3, 0.4) is 0 Å². The standard InChI is InChI=1S/C11H23N3O2/c1-14(2)8-4-7-13-11(15)16-10-5-3-6-12-9-10/h10,12H,3-9H2,1-2H3,(H,13,15)/t10-/m1/s1. The van der Waals surface area contributed by atoms with Crippen molar-refractivity contribution in [3.63, 3.8) is 0 Å². The number of ether oxygens (including phenoxy) is 1. The van der Waals surface area contributed by atoms with Crippen molar-refractivity contribution in [1.82, 2.24) is 15.5 Å². The summed E-state index contributed by atoms with van der Waals surface area (Å²) < 4.78 is 5.27. The lowest BCUT2D eigenvalue weighted by Gasteiger charge is -2.22. The van der Waals surface area contributed by atoms with Gasteiger partial charge in [0, 0.05) is 13.1 Å². The van der Waals surface area contributed by atoms with Crippen molar-refractivity contribution in [2.24, 2.45) is 0 Å². The molecule has 0 spiro atoms. The van der Waals surface area contributed by atoms with Crippen LogP contribution < -0.4 is 10.6 Å². The Hall–Kier alpha value is -0.810. The van der Waals surface area contributed by atoms with Crippen molar-refractivity contribution >= 4 is 6.09 Å². The zero-order valence-corrected chi connectivity index (χ0v) is 10.3. The third-order valence-corrected chi connectivity index (χ3v) is 2.58. The molecule has 16 heavy (non-hydrogen) atoms. The molecule has 5 nitrogen and oxygen atoms in total. The molecule has 0 bridgehead atoms. The van der Waals surface area contributed by atoms with Gasteiger partial charge in [0.2, 0.25) is 0 Å². The summed E-state index contributed by atoms with van der Waals surface area (Å²) in [6.07, 6.45) is 2.76. The van der Waals surface area contributed by atoms with Crippen LogP contribution in [0.5, 0.6) is 0 Å². The predicted molar refractivity (Wildman–Crippen MR) is 63.5 cm³/mol. The Morgan fingerprint density at radius 3 is 3.00 bits per heavy atom. The zero-order chi connectivity index (χ0) is 11.8. The van der Waals surface area contributed by atoms with E-state index in [2.05, 4.69) is 15.5 Å². The number of piperidine rings is 1. The van der Waals surface area contributed by atoms with Crippen LogP contribution in [0, 0.1) is 0 Å². The Morgan fingerprint density at radius 2 is 2.38 bits per heavy atom. The Bertz CT molecular complexity index is 203. The van der Waals surface area contributed by atoms with Gasteiger partial charge in [-0.05, 0) is 46.4 Å². The van der Waals surface area contributed by atoms with Gasteiger partial charge in [-0.3, -0.25) is 0 Å². The summed E-state index contributed by atoms with van der Waals surface area (Å²) >= 11 is 0. The monoisotopic (exact) mass is 229 g/mol. The Labute approximate surface area is 97.5 Å². The highest BCUT2D eigenvalue weighted by Gasteiger charge is 2.16. The molecule has 2 N–H and O–H groups in total. The smallest absolute Gasteiger partial charge is 0.407 e. The first kappa shape index (κ1) is 13.3. The molecule has 94 valence electrons. The lowest BCUT2D eigenvalue weighted by Crippen LogP contribution is -2.39. The van der Waals surface area contributed by atoms with Gasteiger partial charge in [-0.2, -0.15) is 0 Å². The van der Waals surface area contributed by atoms with Gasteiger partial charge in [0.05, 0.1) is 0 Å². The molecule has 1 saturated heterocycles. The summed E-state index contributed by atoms with van der Waals surface area (Å²) in [5.74, 6) is 0. The van der Waals surface area contributed by atoms with E-state index in [0.29, 0.717) is 6.54 Å². The highest BCUT2D eigenvalue weighted by molar-refractivity contribution is 5.67. The van der Waals surface area contributed by atoms with Crippen LogP contribution in [-0.2, 0) is 4.74 Å². The fourth-order valence-corrected chi connectivity index (χ4v) is 1.70. The van der Waals surface area contributed by atoms with Gasteiger partial charge in [0.25, 0.3) is 0 Å². The molecule has 1 aliphatic rings. The van der Waals surface area contributed by atoms with E-state index in [4.69, 9.17) is 4.74 Å². The predicted octanol–water partition coefficient (Wildman–Crippen LogP) is 0.416. The number of hydrogen-bond donors (Lipinski definition) is 2. The minimum Gasteiger partial charge on any atom is -0.445 e. The van der Waals surface area contributed by atoms with Crippen LogP contribution in [0.25, 0.3) is 0 Å². The molecule has 1 atom stereocenters. The minimum absolute atomic E-state index is 0.0441. The number of carbonyl (C=O) groups excluding carboxylic acids is 1. The second kappa shape index (κ2) is 7.46. The summed E-state index contributed by atoms with van der Waals surface area (Å²) in [6.45, 7) is 3.47. The summed E-state index contributed by atoms with van der Waals surface area (Å²) in [5.41, 5.74) is 0. The highest BCUT2D eigenvalue weighted by Crippen LogP contribution is 2.05. The zero-order valence-electron chi connectivity index (χ0n) is 10.3. The summed E-state index contributed by atoms with van der Waals surface area (Å²) in [6, 6.07) is 0. The van der Waals surface area contributed by atoms with Crippen LogP contribution in [0.15, 0.2) is 0 Å². The molecule has 0 aliphatic carbocycles. The maximum atomic E-state index is 11.4. The maximum Gasteiger partial charge on any atom is 0.407 e. The first-order valence-corrected chi connectivity index (χ1v) is 5.98. The number of alkyl carbamates (subject to hydrolysis) is 1. The number of nitrogens with one attached hydrogen (secondary N) is 2. The average Bonchev–Trinajstić information content (AvgIpc) is 2.25. The van der Waals surface area contributed by atoms with E-state index >= 15 is 0 Å². The second-order valence-corrected chi connectivity index (χ2v) is 4.46. The summed E-state index contributed by atoms with van der Waals surface area (Å²) in [7, 11) is 4.04. The van der Waals surface area contributed by atoms with E-state index in [1.807, 2.05) is 14.1 Å². The van der Waals surface area contributed by atoms with Crippen LogP contribution >= 0.6 is 0 Å². The lowest BCUT2D eigenvalue weighted by molar-refractivity contribution is 0.0824. The number of nitrogens with zero attached hydrogens (tertiary/aromatic N) is 1. The van der Waals surface area contributed by atoms with E-state index in [0.717, 1.165) is 38.9 Å². The summed E-state index contributed by atoms with van der Waals surface area (Å²) in [4.78, 5) is 13.5. The maximum absolute atomic E-state index is 11.4. The number of amides is 1. The van der Waals surface area contributed by atoms with Crippen LogP contribution in [0.4, 0.5) is 4.79 Å². The Kier molecular flexibility index (Phi) is 6.18. The molecule has 1 heterocycles. The normalized spacial score (nSPS) is 20.8. The molecule has 0 saturated carbocycles. The number of rotatable bonds is 5. The molecule has 1 fully saturated rings. The minimum atomic E-state index is -0.285. The van der Waals surface area contributed by atoms with Crippen molar-refractivity contribution in [3.8, 4) is 0 Å². The van der Waals surface area contributed by atoms with Crippen molar-refractivity contribution < 1.29 is 9.53 Å². The molecule has 5 heteroatoms. The first-order chi connectivity index (χ1) is 7.68. The number of hydrogen-bond acceptors (Lipinski definition) is 4. The lowest BCUT2D eigenvalue weighted by atomic mass is 10.1. The third-order valence-electron chi connectivity index (χ3n) is 2.58. The van der Waals surface area contributed by atoms with Gasteiger partial charge in [0.15, 0.2) is 0 Å². The molecular formula is C11H23N3O2. The largest absolute Gasteiger partial charge is 0.445 e. The van der Waals surface area contributed by atoms with Crippen molar-refractivity contribution in [3.05, 3.63) is 0 Å². The molecule has 0 aromatic carbocycles. The van der Waals surface area contributed by atoms with E-state index < -0.39 is 0 Å².